The Labute approximate surface area is 295 Å². The summed E-state index contributed by atoms with van der Waals surface area (Å²) in [5.74, 6) is 0. The van der Waals surface area contributed by atoms with Crippen LogP contribution in [-0.4, -0.2) is 4.57 Å². The molecule has 2 aromatic heterocycles. The van der Waals surface area contributed by atoms with Gasteiger partial charge in [-0.25, -0.2) is 0 Å². The molecule has 51 heavy (non-hydrogen) atoms. The largest absolute Gasteiger partial charge is 0.456 e. The molecular formula is C48H33NO2. The van der Waals surface area contributed by atoms with Crippen LogP contribution >= 0.6 is 0 Å². The molecule has 0 bridgehead atoms. The molecule has 0 amide bonds. The molecule has 7 aromatic carbocycles. The van der Waals surface area contributed by atoms with E-state index in [1.807, 2.05) is 12.1 Å². The van der Waals surface area contributed by atoms with Crippen molar-refractivity contribution < 1.29 is 4.42 Å². The second-order valence-electron chi connectivity index (χ2n) is 15.2. The van der Waals surface area contributed by atoms with E-state index in [2.05, 4.69) is 159 Å². The molecule has 11 rings (SSSR count). The summed E-state index contributed by atoms with van der Waals surface area (Å²) < 4.78 is 9.01. The molecule has 0 N–H and O–H groups in total. The van der Waals surface area contributed by atoms with Crippen LogP contribution in [-0.2, 0) is 10.8 Å². The second-order valence-corrected chi connectivity index (χ2v) is 15.2. The lowest BCUT2D eigenvalue weighted by Gasteiger charge is -2.30. The van der Waals surface area contributed by atoms with Crippen molar-refractivity contribution in [3.63, 3.8) is 0 Å². The van der Waals surface area contributed by atoms with Gasteiger partial charge in [0.15, 0.2) is 0 Å². The minimum atomic E-state index is -0.580. The Morgan fingerprint density at radius 3 is 1.73 bits per heavy atom. The van der Waals surface area contributed by atoms with Crippen LogP contribution in [0.15, 0.2) is 155 Å². The normalized spacial score (nSPS) is 15.9. The average Bonchev–Trinajstić information content (AvgIpc) is 3.75. The summed E-state index contributed by atoms with van der Waals surface area (Å²) in [6, 6.07) is 52.2. The lowest BCUT2D eigenvalue weighted by atomic mass is 9.70. The third-order valence-corrected chi connectivity index (χ3v) is 11.6. The summed E-state index contributed by atoms with van der Waals surface area (Å²) in [4.78, 5) is 14.3. The van der Waals surface area contributed by atoms with E-state index in [0.29, 0.717) is 21.9 Å². The molecule has 242 valence electrons. The van der Waals surface area contributed by atoms with Crippen molar-refractivity contribution in [3.8, 4) is 27.9 Å². The molecule has 2 aliphatic carbocycles. The minimum absolute atomic E-state index is 0.00818. The van der Waals surface area contributed by atoms with Crippen molar-refractivity contribution in [2.75, 3.05) is 0 Å². The molecule has 1 spiro atoms. The Hall–Kier alpha value is -6.19. The van der Waals surface area contributed by atoms with E-state index < -0.39 is 5.41 Å². The molecule has 3 heteroatoms. The Morgan fingerprint density at radius 2 is 1.06 bits per heavy atom. The maximum Gasteiger partial charge on any atom is 0.200 e. The highest BCUT2D eigenvalue weighted by Crippen LogP contribution is 2.63. The highest BCUT2D eigenvalue weighted by atomic mass is 16.3. The molecule has 2 aliphatic rings. The number of nitrogens with zero attached hydrogens (tertiary/aromatic N) is 1. The third kappa shape index (κ3) is 3.60. The summed E-state index contributed by atoms with van der Waals surface area (Å²) in [6.45, 7) is 6.54. The quantitative estimate of drug-likeness (QED) is 0.165. The zero-order valence-electron chi connectivity index (χ0n) is 28.6. The Kier molecular flexibility index (Phi) is 5.47. The van der Waals surface area contributed by atoms with Gasteiger partial charge < -0.3 is 8.98 Å². The first kappa shape index (κ1) is 28.6. The van der Waals surface area contributed by atoms with Gasteiger partial charge in [-0.15, -0.1) is 0 Å². The van der Waals surface area contributed by atoms with Gasteiger partial charge in [0.05, 0.1) is 27.2 Å². The van der Waals surface area contributed by atoms with Crippen LogP contribution in [0, 0.1) is 0 Å². The Morgan fingerprint density at radius 1 is 0.490 bits per heavy atom. The van der Waals surface area contributed by atoms with Crippen LogP contribution in [0.4, 0.5) is 0 Å². The van der Waals surface area contributed by atoms with Crippen molar-refractivity contribution in [2.24, 2.45) is 0 Å². The molecule has 3 nitrogen and oxygen atoms in total. The van der Waals surface area contributed by atoms with Crippen LogP contribution in [0.25, 0.3) is 71.7 Å². The van der Waals surface area contributed by atoms with Gasteiger partial charge in [-0.2, -0.15) is 0 Å². The van der Waals surface area contributed by atoms with Gasteiger partial charge in [0, 0.05) is 16.5 Å². The SMILES string of the molecule is CC(C)(C)c1ccc2c(=O)c3cc4c(cc3oc2c1)-c1ccccc1C41c2ccccc2-c2cc(-n3c4ccccc4c4ccccc43)ccc21. The zero-order valence-corrected chi connectivity index (χ0v) is 28.6. The number of benzene rings is 7. The van der Waals surface area contributed by atoms with E-state index in [9.17, 15) is 4.79 Å². The second kappa shape index (κ2) is 9.74. The molecule has 0 aliphatic heterocycles. The predicted octanol–water partition coefficient (Wildman–Crippen LogP) is 11.7. The van der Waals surface area contributed by atoms with Crippen molar-refractivity contribution in [2.45, 2.75) is 31.6 Å². The number of aromatic nitrogens is 1. The lowest BCUT2D eigenvalue weighted by molar-refractivity contribution is 0.587. The fourth-order valence-corrected chi connectivity index (χ4v) is 9.28. The van der Waals surface area contributed by atoms with E-state index in [-0.39, 0.29) is 10.8 Å². The summed E-state index contributed by atoms with van der Waals surface area (Å²) >= 11 is 0. The Bertz CT molecular complexity index is 2990. The smallest absolute Gasteiger partial charge is 0.200 e. The van der Waals surface area contributed by atoms with Crippen LogP contribution in [0.5, 0.6) is 0 Å². The van der Waals surface area contributed by atoms with Crippen LogP contribution in [0.2, 0.25) is 0 Å². The van der Waals surface area contributed by atoms with Crippen LogP contribution in [0.1, 0.15) is 48.6 Å². The first-order valence-electron chi connectivity index (χ1n) is 17.7. The molecule has 2 heterocycles. The molecule has 0 saturated heterocycles. The van der Waals surface area contributed by atoms with Crippen molar-refractivity contribution in [1.82, 2.24) is 4.57 Å². The van der Waals surface area contributed by atoms with Gasteiger partial charge in [0.25, 0.3) is 0 Å². The lowest BCUT2D eigenvalue weighted by Crippen LogP contribution is -2.26. The molecule has 0 radical (unpaired) electrons. The summed E-state index contributed by atoms with van der Waals surface area (Å²) in [5.41, 5.74) is 14.8. The Balaban J connectivity index is 1.21. The topological polar surface area (TPSA) is 35.1 Å². The molecule has 0 fully saturated rings. The van der Waals surface area contributed by atoms with Crippen molar-refractivity contribution >= 4 is 43.7 Å². The van der Waals surface area contributed by atoms with E-state index in [1.54, 1.807) is 0 Å². The maximum atomic E-state index is 14.3. The van der Waals surface area contributed by atoms with E-state index >= 15 is 0 Å². The molecule has 9 aromatic rings. The predicted molar refractivity (Wildman–Crippen MR) is 209 cm³/mol. The van der Waals surface area contributed by atoms with Crippen LogP contribution < -0.4 is 5.43 Å². The first-order valence-corrected chi connectivity index (χ1v) is 17.7. The number of para-hydroxylation sites is 2. The summed E-state index contributed by atoms with van der Waals surface area (Å²) in [5, 5.41) is 3.72. The summed E-state index contributed by atoms with van der Waals surface area (Å²) in [7, 11) is 0. The first-order chi connectivity index (χ1) is 24.8. The van der Waals surface area contributed by atoms with Crippen molar-refractivity contribution in [1.29, 1.82) is 0 Å². The summed E-state index contributed by atoms with van der Waals surface area (Å²) in [6.07, 6.45) is 0. The van der Waals surface area contributed by atoms with E-state index in [0.717, 1.165) is 22.4 Å². The van der Waals surface area contributed by atoms with Gasteiger partial charge in [0.1, 0.15) is 11.2 Å². The monoisotopic (exact) mass is 655 g/mol. The van der Waals surface area contributed by atoms with Gasteiger partial charge in [0.2, 0.25) is 5.43 Å². The van der Waals surface area contributed by atoms with E-state index in [4.69, 9.17) is 4.42 Å². The standard InChI is InChI=1S/C48H33NO2/c1-47(2,3)28-20-22-34-44(24-28)51-45-27-36-31-13-5-9-17-39(31)48(41(36)26-37(45)46(34)50)38-16-8-4-12-30(38)35-25-29(21-23-40(35)48)49-42-18-10-6-14-32(42)33-15-7-11-19-43(33)49/h4-27H,1-3H3. The minimum Gasteiger partial charge on any atom is -0.456 e. The third-order valence-electron chi connectivity index (χ3n) is 11.6. The van der Waals surface area contributed by atoms with Gasteiger partial charge in [-0.3, -0.25) is 4.79 Å². The highest BCUT2D eigenvalue weighted by Gasteiger charge is 2.52. The fourth-order valence-electron chi connectivity index (χ4n) is 9.28. The fraction of sp³-hybridized carbons (Fsp3) is 0.104. The van der Waals surface area contributed by atoms with Gasteiger partial charge >= 0.3 is 0 Å². The number of hydrogen-bond donors (Lipinski definition) is 0. The van der Waals surface area contributed by atoms with Gasteiger partial charge in [-0.05, 0) is 104 Å². The van der Waals surface area contributed by atoms with E-state index in [1.165, 1.54) is 55.2 Å². The number of fused-ring (bicyclic) bond motifs is 15. The average molecular weight is 656 g/mol. The molecule has 1 unspecified atom stereocenters. The zero-order chi connectivity index (χ0) is 34.2. The number of rotatable bonds is 1. The van der Waals surface area contributed by atoms with Gasteiger partial charge in [-0.1, -0.05) is 118 Å². The molecule has 0 saturated carbocycles. The number of hydrogen-bond acceptors (Lipinski definition) is 2. The van der Waals surface area contributed by atoms with Crippen molar-refractivity contribution in [3.05, 3.63) is 184 Å². The molecular weight excluding hydrogens is 623 g/mol. The maximum absolute atomic E-state index is 14.3. The highest BCUT2D eigenvalue weighted by molar-refractivity contribution is 6.09. The molecule has 1 atom stereocenters. The van der Waals surface area contributed by atoms with Crippen LogP contribution in [0.3, 0.4) is 0 Å².